The summed E-state index contributed by atoms with van der Waals surface area (Å²) in [6, 6.07) is 7.09. The molecule has 4 rings (SSSR count). The van der Waals surface area contributed by atoms with Gasteiger partial charge in [-0.25, -0.2) is 8.42 Å². The molecule has 0 bridgehead atoms. The van der Waals surface area contributed by atoms with E-state index in [9.17, 15) is 18.0 Å². The van der Waals surface area contributed by atoms with Crippen molar-refractivity contribution in [1.82, 2.24) is 10.5 Å². The molecule has 2 fully saturated rings. The lowest BCUT2D eigenvalue weighted by atomic mass is 10.0. The monoisotopic (exact) mass is 419 g/mol. The summed E-state index contributed by atoms with van der Waals surface area (Å²) in [6.45, 7) is 1.65. The maximum atomic E-state index is 12.7. The summed E-state index contributed by atoms with van der Waals surface area (Å²) < 4.78 is 37.1. The first-order chi connectivity index (χ1) is 13.8. The Labute approximate surface area is 167 Å². The molecule has 2 N–H and O–H groups in total. The van der Waals surface area contributed by atoms with Crippen LogP contribution in [0.2, 0.25) is 0 Å². The zero-order valence-corrected chi connectivity index (χ0v) is 16.7. The number of esters is 1. The second-order valence-electron chi connectivity index (χ2n) is 7.46. The number of fused-ring (bicyclic) bond motifs is 1. The van der Waals surface area contributed by atoms with Crippen molar-refractivity contribution in [3.63, 3.8) is 0 Å². The van der Waals surface area contributed by atoms with Gasteiger partial charge in [-0.15, -0.1) is 0 Å². The smallest absolute Gasteiger partial charge is 0.309 e. The average Bonchev–Trinajstić information content (AvgIpc) is 3.27. The van der Waals surface area contributed by atoms with Gasteiger partial charge in [0.25, 0.3) is 15.9 Å². The minimum atomic E-state index is -3.92. The number of hydrogen-bond acceptors (Lipinski definition) is 7. The van der Waals surface area contributed by atoms with E-state index in [1.54, 1.807) is 13.0 Å². The molecule has 0 radical (unpaired) electrons. The highest BCUT2D eigenvalue weighted by Crippen LogP contribution is 2.55. The number of nitrogens with zero attached hydrogens (tertiary/aromatic N) is 1. The van der Waals surface area contributed by atoms with Crippen LogP contribution in [0.15, 0.2) is 39.8 Å². The summed E-state index contributed by atoms with van der Waals surface area (Å²) >= 11 is 0. The van der Waals surface area contributed by atoms with E-state index < -0.39 is 10.0 Å². The van der Waals surface area contributed by atoms with Crippen LogP contribution in [0.5, 0.6) is 0 Å². The molecule has 1 aromatic heterocycles. The molecule has 10 heteroatoms. The van der Waals surface area contributed by atoms with Gasteiger partial charge in [-0.1, -0.05) is 11.2 Å². The van der Waals surface area contributed by atoms with Gasteiger partial charge in [0, 0.05) is 17.7 Å². The van der Waals surface area contributed by atoms with Crippen LogP contribution in [0.4, 0.5) is 5.82 Å². The molecule has 1 amide bonds. The predicted molar refractivity (Wildman–Crippen MR) is 101 cm³/mol. The third-order valence-electron chi connectivity index (χ3n) is 5.53. The Morgan fingerprint density at radius 2 is 2.00 bits per heavy atom. The van der Waals surface area contributed by atoms with E-state index in [0.29, 0.717) is 12.2 Å². The predicted octanol–water partition coefficient (Wildman–Crippen LogP) is 1.71. The first-order valence-electron chi connectivity index (χ1n) is 9.23. The lowest BCUT2D eigenvalue weighted by molar-refractivity contribution is -0.146. The van der Waals surface area contributed by atoms with Crippen molar-refractivity contribution in [2.24, 2.45) is 17.8 Å². The second-order valence-corrected chi connectivity index (χ2v) is 9.15. The number of carbonyl (C=O) groups excluding carboxylic acids is 2. The Bertz CT molecular complexity index is 1060. The van der Waals surface area contributed by atoms with Gasteiger partial charge in [-0.2, -0.15) is 0 Å². The Hall–Kier alpha value is -2.88. The van der Waals surface area contributed by atoms with Crippen molar-refractivity contribution in [3.8, 4) is 0 Å². The molecular weight excluding hydrogens is 398 g/mol. The molecule has 0 aliphatic heterocycles. The number of rotatable bonds is 6. The van der Waals surface area contributed by atoms with Crippen LogP contribution < -0.4 is 10.0 Å². The molecule has 2 aliphatic carbocycles. The maximum absolute atomic E-state index is 12.7. The Morgan fingerprint density at radius 1 is 1.21 bits per heavy atom. The minimum Gasteiger partial charge on any atom is -0.469 e. The summed E-state index contributed by atoms with van der Waals surface area (Å²) in [5.41, 5.74) is 0.225. The number of aromatic nitrogens is 1. The fourth-order valence-electron chi connectivity index (χ4n) is 4.04. The standard InChI is InChI=1S/C19H21N3O6S/c1-10-6-17(21-28-10)22-29(25,26)12-5-3-4-11(7-12)18(23)20-16-9-15(19(24)27-2)13-8-14(13)16/h3-7,13-16H,8-9H2,1-2H3,(H,20,23)(H,21,22)/t13-,14+,15-,16+/m1/s1. The SMILES string of the molecule is COC(=O)[C@@H]1C[C@H](NC(=O)c2cccc(S(=O)(=O)Nc3cc(C)on3)c2)[C@H]2C[C@H]21. The fraction of sp³-hybridized carbons (Fsp3) is 0.421. The van der Waals surface area contributed by atoms with E-state index in [-0.39, 0.29) is 51.9 Å². The van der Waals surface area contributed by atoms with E-state index in [1.165, 1.54) is 31.4 Å². The quantitative estimate of drug-likeness (QED) is 0.682. The molecule has 1 heterocycles. The molecule has 9 nitrogen and oxygen atoms in total. The van der Waals surface area contributed by atoms with Crippen LogP contribution >= 0.6 is 0 Å². The number of aryl methyl sites for hydroxylation is 1. The number of sulfonamides is 1. The molecule has 2 saturated carbocycles. The summed E-state index contributed by atoms with van der Waals surface area (Å²) in [4.78, 5) is 24.5. The van der Waals surface area contributed by atoms with Crippen LogP contribution in [-0.4, -0.2) is 38.6 Å². The normalized spacial score (nSPS) is 25.2. The summed E-state index contributed by atoms with van der Waals surface area (Å²) in [5, 5.41) is 6.55. The molecule has 0 spiro atoms. The van der Waals surface area contributed by atoms with Crippen molar-refractivity contribution < 1.29 is 27.3 Å². The van der Waals surface area contributed by atoms with Gasteiger partial charge in [0.15, 0.2) is 5.82 Å². The van der Waals surface area contributed by atoms with Gasteiger partial charge < -0.3 is 14.6 Å². The van der Waals surface area contributed by atoms with Gasteiger partial charge in [0.1, 0.15) is 5.76 Å². The fourth-order valence-corrected chi connectivity index (χ4v) is 5.07. The van der Waals surface area contributed by atoms with Crippen molar-refractivity contribution in [2.45, 2.75) is 30.7 Å². The summed E-state index contributed by atoms with van der Waals surface area (Å²) in [7, 11) is -2.56. The molecule has 4 atom stereocenters. The van der Waals surface area contributed by atoms with E-state index >= 15 is 0 Å². The highest BCUT2D eigenvalue weighted by molar-refractivity contribution is 7.92. The molecule has 2 aliphatic rings. The van der Waals surface area contributed by atoms with Crippen molar-refractivity contribution >= 4 is 27.7 Å². The Balaban J connectivity index is 1.46. The molecule has 1 aromatic carbocycles. The first-order valence-corrected chi connectivity index (χ1v) is 10.7. The number of amides is 1. The third kappa shape index (κ3) is 3.84. The zero-order chi connectivity index (χ0) is 20.8. The Morgan fingerprint density at radius 3 is 2.69 bits per heavy atom. The molecule has 0 saturated heterocycles. The van der Waals surface area contributed by atoms with Gasteiger partial charge in [-0.05, 0) is 49.8 Å². The molecule has 154 valence electrons. The first kappa shape index (κ1) is 19.4. The number of methoxy groups -OCH3 is 1. The molecule has 29 heavy (non-hydrogen) atoms. The number of nitrogens with one attached hydrogen (secondary N) is 2. The van der Waals surface area contributed by atoms with Crippen molar-refractivity contribution in [3.05, 3.63) is 41.7 Å². The second kappa shape index (κ2) is 7.18. The van der Waals surface area contributed by atoms with Crippen LogP contribution in [0, 0.1) is 24.7 Å². The molecular formula is C19H21N3O6S. The van der Waals surface area contributed by atoms with Gasteiger partial charge in [0.2, 0.25) is 0 Å². The average molecular weight is 419 g/mol. The maximum Gasteiger partial charge on any atom is 0.309 e. The van der Waals surface area contributed by atoms with Gasteiger partial charge in [-0.3, -0.25) is 14.3 Å². The highest BCUT2D eigenvalue weighted by Gasteiger charge is 2.57. The Kier molecular flexibility index (Phi) is 4.81. The van der Waals surface area contributed by atoms with Crippen molar-refractivity contribution in [2.75, 3.05) is 11.8 Å². The number of hydrogen-bond donors (Lipinski definition) is 2. The number of carbonyl (C=O) groups is 2. The van der Waals surface area contributed by atoms with Gasteiger partial charge in [0.05, 0.1) is 17.9 Å². The minimum absolute atomic E-state index is 0.0611. The summed E-state index contributed by atoms with van der Waals surface area (Å²) in [5.74, 6) is 0.267. The van der Waals surface area contributed by atoms with E-state index in [2.05, 4.69) is 15.2 Å². The zero-order valence-electron chi connectivity index (χ0n) is 15.9. The van der Waals surface area contributed by atoms with Crippen LogP contribution in [-0.2, 0) is 19.6 Å². The van der Waals surface area contributed by atoms with E-state index in [0.717, 1.165) is 6.42 Å². The van der Waals surface area contributed by atoms with Crippen LogP contribution in [0.3, 0.4) is 0 Å². The molecule has 0 unspecified atom stereocenters. The number of anilines is 1. The topological polar surface area (TPSA) is 128 Å². The lowest BCUT2D eigenvalue weighted by Crippen LogP contribution is -2.36. The highest BCUT2D eigenvalue weighted by atomic mass is 32.2. The van der Waals surface area contributed by atoms with E-state index in [1.807, 2.05) is 0 Å². The van der Waals surface area contributed by atoms with Crippen LogP contribution in [0.25, 0.3) is 0 Å². The largest absolute Gasteiger partial charge is 0.469 e. The molecule has 2 aromatic rings. The van der Waals surface area contributed by atoms with E-state index in [4.69, 9.17) is 9.26 Å². The van der Waals surface area contributed by atoms with Crippen molar-refractivity contribution in [1.29, 1.82) is 0 Å². The summed E-state index contributed by atoms with van der Waals surface area (Å²) in [6.07, 6.45) is 1.43. The lowest BCUT2D eigenvalue weighted by Gasteiger charge is -2.17. The van der Waals surface area contributed by atoms with Gasteiger partial charge >= 0.3 is 5.97 Å². The van der Waals surface area contributed by atoms with Crippen LogP contribution in [0.1, 0.15) is 29.0 Å². The number of benzene rings is 1. The number of ether oxygens (including phenoxy) is 1. The third-order valence-corrected chi connectivity index (χ3v) is 6.88.